The molecule has 0 radical (unpaired) electrons. The number of aliphatic hydroxyl groups excluding tert-OH is 3. The van der Waals surface area contributed by atoms with E-state index in [1.807, 2.05) is 24.5 Å². The number of anilines is 1. The number of aromatic nitrogens is 4. The first-order valence-corrected chi connectivity index (χ1v) is 10.5. The van der Waals surface area contributed by atoms with E-state index in [0.717, 1.165) is 6.42 Å². The van der Waals surface area contributed by atoms with Crippen LogP contribution in [-0.2, 0) is 11.2 Å². The molecule has 2 aromatic heterocycles. The van der Waals surface area contributed by atoms with Crippen molar-refractivity contribution >= 4 is 28.7 Å². The van der Waals surface area contributed by atoms with Gasteiger partial charge in [0.05, 0.1) is 12.9 Å². The van der Waals surface area contributed by atoms with Gasteiger partial charge in [0.1, 0.15) is 18.3 Å². The number of nitrogens with zero attached hydrogens (tertiary/aromatic N) is 4. The fourth-order valence-corrected chi connectivity index (χ4v) is 3.74. The molecule has 0 spiro atoms. The van der Waals surface area contributed by atoms with Crippen molar-refractivity contribution in [3.63, 3.8) is 0 Å². The van der Waals surface area contributed by atoms with Crippen molar-refractivity contribution in [2.24, 2.45) is 0 Å². The third-order valence-electron chi connectivity index (χ3n) is 4.92. The van der Waals surface area contributed by atoms with E-state index in [1.54, 1.807) is 4.57 Å². The first kappa shape index (κ1) is 20.0. The van der Waals surface area contributed by atoms with E-state index in [-0.39, 0.29) is 0 Å². The number of nitrogens with one attached hydrogen (secondary N) is 1. The summed E-state index contributed by atoms with van der Waals surface area (Å²) in [5.41, 5.74) is 2.25. The first-order valence-electron chi connectivity index (χ1n) is 9.31. The number of aliphatic hydroxyl groups is 3. The number of hydrogen-bond acceptors (Lipinski definition) is 9. The van der Waals surface area contributed by atoms with Gasteiger partial charge in [-0.25, -0.2) is 15.0 Å². The van der Waals surface area contributed by atoms with Crippen LogP contribution in [0.3, 0.4) is 0 Å². The van der Waals surface area contributed by atoms with Gasteiger partial charge < -0.3 is 25.4 Å². The van der Waals surface area contributed by atoms with Crippen LogP contribution < -0.4 is 5.32 Å². The highest BCUT2D eigenvalue weighted by molar-refractivity contribution is 7.98. The molecule has 0 unspecified atom stereocenters. The van der Waals surface area contributed by atoms with Gasteiger partial charge in [0, 0.05) is 6.54 Å². The average molecular weight is 417 g/mol. The van der Waals surface area contributed by atoms with Gasteiger partial charge in [-0.3, -0.25) is 4.57 Å². The maximum atomic E-state index is 10.4. The van der Waals surface area contributed by atoms with E-state index < -0.39 is 31.1 Å². The Morgan fingerprint density at radius 3 is 2.66 bits per heavy atom. The number of ether oxygens (including phenoxy) is 1. The lowest BCUT2D eigenvalue weighted by Gasteiger charge is -2.17. The molecule has 0 saturated carbocycles. The molecular formula is C19H23N5O4S. The summed E-state index contributed by atoms with van der Waals surface area (Å²) in [5, 5.41) is 33.6. The van der Waals surface area contributed by atoms with Crippen molar-refractivity contribution in [3.05, 3.63) is 42.2 Å². The molecular weight excluding hydrogens is 394 g/mol. The van der Waals surface area contributed by atoms with Crippen molar-refractivity contribution in [1.29, 1.82) is 0 Å². The molecule has 0 amide bonds. The minimum atomic E-state index is -1.20. The zero-order valence-electron chi connectivity index (χ0n) is 15.8. The Kier molecular flexibility index (Phi) is 5.97. The smallest absolute Gasteiger partial charge is 0.191 e. The van der Waals surface area contributed by atoms with Crippen LogP contribution in [0.15, 0.2) is 41.8 Å². The zero-order valence-corrected chi connectivity index (χ0v) is 16.7. The van der Waals surface area contributed by atoms with Gasteiger partial charge in [-0.05, 0) is 18.2 Å². The van der Waals surface area contributed by atoms with Gasteiger partial charge in [0.15, 0.2) is 28.4 Å². The van der Waals surface area contributed by atoms with Gasteiger partial charge >= 0.3 is 0 Å². The predicted octanol–water partition coefficient (Wildman–Crippen LogP) is 0.814. The maximum Gasteiger partial charge on any atom is 0.191 e. The number of thioether (sulfide) groups is 1. The Bertz CT molecular complexity index is 970. The summed E-state index contributed by atoms with van der Waals surface area (Å²) in [7, 11) is 0. The van der Waals surface area contributed by atoms with E-state index in [1.165, 1.54) is 23.7 Å². The Morgan fingerprint density at radius 2 is 1.97 bits per heavy atom. The molecule has 154 valence electrons. The average Bonchev–Trinajstić information content (AvgIpc) is 3.29. The Hall–Kier alpha value is -2.24. The van der Waals surface area contributed by atoms with Gasteiger partial charge in [-0.2, -0.15) is 0 Å². The highest BCUT2D eigenvalue weighted by atomic mass is 32.2. The predicted molar refractivity (Wildman–Crippen MR) is 109 cm³/mol. The van der Waals surface area contributed by atoms with Crippen LogP contribution in [-0.4, -0.2) is 72.6 Å². The van der Waals surface area contributed by atoms with Gasteiger partial charge in [-0.15, -0.1) is 0 Å². The van der Waals surface area contributed by atoms with Crippen molar-refractivity contribution < 1.29 is 20.1 Å². The van der Waals surface area contributed by atoms with Crippen molar-refractivity contribution in [3.8, 4) is 0 Å². The lowest BCUT2D eigenvalue weighted by atomic mass is 10.1. The number of rotatable bonds is 7. The van der Waals surface area contributed by atoms with Gasteiger partial charge in [0.2, 0.25) is 0 Å². The van der Waals surface area contributed by atoms with Crippen molar-refractivity contribution in [2.45, 2.75) is 36.1 Å². The SMILES string of the molecule is CSc1nc(NCCc2ccccc2)c2ncn([C@@H]3O[C@H](CO)[C@@H](O)[C@H]3O)c2n1. The second kappa shape index (κ2) is 8.64. The highest BCUT2D eigenvalue weighted by Crippen LogP contribution is 2.33. The fraction of sp³-hybridized carbons (Fsp3) is 0.421. The van der Waals surface area contributed by atoms with Crippen LogP contribution in [0.2, 0.25) is 0 Å². The van der Waals surface area contributed by atoms with Crippen LogP contribution in [0.25, 0.3) is 11.2 Å². The fourth-order valence-electron chi connectivity index (χ4n) is 3.38. The third-order valence-corrected chi connectivity index (χ3v) is 5.47. The standard InChI is InChI=1S/C19H23N5O4S/c1-29-19-22-16(20-8-7-11-5-3-2-4-6-11)13-17(23-19)24(10-21-13)18-15(27)14(26)12(9-25)28-18/h2-6,10,12,14-15,18,25-27H,7-9H2,1H3,(H,20,22,23)/t12-,14-,15-,18-/m1/s1. The summed E-state index contributed by atoms with van der Waals surface area (Å²) in [5.74, 6) is 0.598. The van der Waals surface area contributed by atoms with Gasteiger partial charge in [-0.1, -0.05) is 42.1 Å². The van der Waals surface area contributed by atoms with Crippen LogP contribution in [0.4, 0.5) is 5.82 Å². The maximum absolute atomic E-state index is 10.4. The molecule has 1 aliphatic rings. The summed E-state index contributed by atoms with van der Waals surface area (Å²) in [6.45, 7) is 0.281. The van der Waals surface area contributed by atoms with Gasteiger partial charge in [0.25, 0.3) is 0 Å². The molecule has 1 fully saturated rings. The number of imidazole rings is 1. The molecule has 9 nitrogen and oxygen atoms in total. The summed E-state index contributed by atoms with van der Waals surface area (Å²) < 4.78 is 7.20. The molecule has 1 saturated heterocycles. The van der Waals surface area contributed by atoms with Crippen LogP contribution >= 0.6 is 11.8 Å². The van der Waals surface area contributed by atoms with E-state index >= 15 is 0 Å². The summed E-state index contributed by atoms with van der Waals surface area (Å²) in [4.78, 5) is 13.4. The molecule has 4 rings (SSSR count). The highest BCUT2D eigenvalue weighted by Gasteiger charge is 2.44. The van der Waals surface area contributed by atoms with Crippen molar-refractivity contribution in [2.75, 3.05) is 24.7 Å². The Balaban J connectivity index is 1.61. The monoisotopic (exact) mass is 417 g/mol. The molecule has 1 aliphatic heterocycles. The lowest BCUT2D eigenvalue weighted by Crippen LogP contribution is -2.33. The first-order chi connectivity index (χ1) is 14.1. The normalized spacial score (nSPS) is 24.3. The largest absolute Gasteiger partial charge is 0.394 e. The van der Waals surface area contributed by atoms with Crippen LogP contribution in [0.5, 0.6) is 0 Å². The van der Waals surface area contributed by atoms with E-state index in [0.29, 0.717) is 28.7 Å². The molecule has 0 bridgehead atoms. The summed E-state index contributed by atoms with van der Waals surface area (Å²) >= 11 is 1.39. The number of fused-ring (bicyclic) bond motifs is 1. The minimum absolute atomic E-state index is 0.390. The van der Waals surface area contributed by atoms with Crippen LogP contribution in [0.1, 0.15) is 11.8 Å². The molecule has 4 atom stereocenters. The summed E-state index contributed by atoms with van der Waals surface area (Å²) in [6, 6.07) is 10.1. The lowest BCUT2D eigenvalue weighted by molar-refractivity contribution is -0.0511. The minimum Gasteiger partial charge on any atom is -0.394 e. The van der Waals surface area contributed by atoms with Crippen LogP contribution in [0, 0.1) is 0 Å². The van der Waals surface area contributed by atoms with E-state index in [9.17, 15) is 15.3 Å². The summed E-state index contributed by atoms with van der Waals surface area (Å²) in [6.07, 6.45) is 0.0660. The topological polar surface area (TPSA) is 126 Å². The molecule has 1 aromatic carbocycles. The Labute approximate surface area is 171 Å². The molecule has 0 aliphatic carbocycles. The molecule has 29 heavy (non-hydrogen) atoms. The molecule has 4 N–H and O–H groups in total. The number of benzene rings is 1. The quantitative estimate of drug-likeness (QED) is 0.326. The molecule has 3 aromatic rings. The molecule has 3 heterocycles. The third kappa shape index (κ3) is 3.94. The zero-order chi connectivity index (χ0) is 20.4. The van der Waals surface area contributed by atoms with E-state index in [2.05, 4.69) is 32.4 Å². The molecule has 10 heteroatoms. The van der Waals surface area contributed by atoms with E-state index in [4.69, 9.17) is 4.74 Å². The number of hydrogen-bond donors (Lipinski definition) is 4. The second-order valence-corrected chi connectivity index (χ2v) is 7.55. The van der Waals surface area contributed by atoms with Crippen molar-refractivity contribution in [1.82, 2.24) is 19.5 Å². The second-order valence-electron chi connectivity index (χ2n) is 6.77. The Morgan fingerprint density at radius 1 is 1.17 bits per heavy atom.